The Labute approximate surface area is 99.3 Å². The van der Waals surface area contributed by atoms with Crippen LogP contribution in [0.1, 0.15) is 42.0 Å². The lowest BCUT2D eigenvalue weighted by Crippen LogP contribution is -2.16. The van der Waals surface area contributed by atoms with E-state index in [1.165, 1.54) is 16.7 Å². The first-order valence-corrected chi connectivity index (χ1v) is 5.87. The molecule has 0 saturated heterocycles. The first kappa shape index (κ1) is 12.8. The highest BCUT2D eigenvalue weighted by atomic mass is 14.9. The molecule has 1 rings (SSSR count). The van der Waals surface area contributed by atoms with Gasteiger partial charge in [0.2, 0.25) is 0 Å². The Kier molecular flexibility index (Phi) is 5.08. The van der Waals surface area contributed by atoms with E-state index in [0.717, 1.165) is 19.3 Å². The molecule has 1 heteroatoms. The number of aryl methyl sites for hydroxylation is 2. The second-order valence-electron chi connectivity index (χ2n) is 4.28. The second-order valence-corrected chi connectivity index (χ2v) is 4.28. The molecule has 1 atom stereocenters. The summed E-state index contributed by atoms with van der Waals surface area (Å²) in [6, 6.07) is 7.09. The first-order valence-electron chi connectivity index (χ1n) is 5.87. The molecule has 0 aromatic heterocycles. The van der Waals surface area contributed by atoms with Crippen LogP contribution in [-0.4, -0.2) is 7.05 Å². The minimum atomic E-state index is 0.424. The SMILES string of the molecule is C#CCCCC(NC)c1ccc(C)c(C)c1. The van der Waals surface area contributed by atoms with Gasteiger partial charge in [-0.05, 0) is 50.4 Å². The highest BCUT2D eigenvalue weighted by Gasteiger charge is 2.08. The van der Waals surface area contributed by atoms with Crippen LogP contribution in [0.3, 0.4) is 0 Å². The molecule has 0 aliphatic heterocycles. The summed E-state index contributed by atoms with van der Waals surface area (Å²) in [6.45, 7) is 4.30. The van der Waals surface area contributed by atoms with Crippen molar-refractivity contribution in [2.75, 3.05) is 7.05 Å². The lowest BCUT2D eigenvalue weighted by Gasteiger charge is -2.17. The number of benzene rings is 1. The third-order valence-corrected chi connectivity index (χ3v) is 3.10. The van der Waals surface area contributed by atoms with Crippen LogP contribution in [0.25, 0.3) is 0 Å². The molecule has 0 aliphatic rings. The zero-order chi connectivity index (χ0) is 12.0. The van der Waals surface area contributed by atoms with E-state index in [-0.39, 0.29) is 0 Å². The molecule has 0 amide bonds. The van der Waals surface area contributed by atoms with Crippen LogP contribution in [0.4, 0.5) is 0 Å². The summed E-state index contributed by atoms with van der Waals surface area (Å²) in [6.07, 6.45) is 8.31. The Bertz CT molecular complexity index is 374. The van der Waals surface area contributed by atoms with Gasteiger partial charge in [0, 0.05) is 12.5 Å². The molecule has 16 heavy (non-hydrogen) atoms. The molecule has 1 nitrogen and oxygen atoms in total. The highest BCUT2D eigenvalue weighted by Crippen LogP contribution is 2.21. The van der Waals surface area contributed by atoms with Gasteiger partial charge in [-0.3, -0.25) is 0 Å². The topological polar surface area (TPSA) is 12.0 Å². The van der Waals surface area contributed by atoms with Crippen molar-refractivity contribution in [2.45, 2.75) is 39.2 Å². The van der Waals surface area contributed by atoms with E-state index in [1.807, 2.05) is 7.05 Å². The lowest BCUT2D eigenvalue weighted by atomic mass is 9.97. The van der Waals surface area contributed by atoms with Crippen molar-refractivity contribution >= 4 is 0 Å². The first-order chi connectivity index (χ1) is 7.69. The van der Waals surface area contributed by atoms with Crippen LogP contribution in [0.2, 0.25) is 0 Å². The third kappa shape index (κ3) is 3.40. The van der Waals surface area contributed by atoms with E-state index in [1.54, 1.807) is 0 Å². The largest absolute Gasteiger partial charge is 0.313 e. The summed E-state index contributed by atoms with van der Waals surface area (Å²) in [4.78, 5) is 0. The molecule has 0 fully saturated rings. The summed E-state index contributed by atoms with van der Waals surface area (Å²) in [5.74, 6) is 2.69. The molecule has 1 N–H and O–H groups in total. The van der Waals surface area contributed by atoms with Crippen molar-refractivity contribution in [3.8, 4) is 12.3 Å². The van der Waals surface area contributed by atoms with Gasteiger partial charge in [-0.2, -0.15) is 0 Å². The van der Waals surface area contributed by atoms with E-state index in [4.69, 9.17) is 6.42 Å². The number of hydrogen-bond donors (Lipinski definition) is 1. The standard InChI is InChI=1S/C15H21N/c1-5-6-7-8-15(16-4)14-10-9-12(2)13(3)11-14/h1,9-11,15-16H,6-8H2,2-4H3. The van der Waals surface area contributed by atoms with Gasteiger partial charge in [0.15, 0.2) is 0 Å². The predicted octanol–water partition coefficient (Wildman–Crippen LogP) is 3.37. The average molecular weight is 215 g/mol. The molecular weight excluding hydrogens is 194 g/mol. The second kappa shape index (κ2) is 6.35. The minimum absolute atomic E-state index is 0.424. The summed E-state index contributed by atoms with van der Waals surface area (Å²) in [5.41, 5.74) is 4.07. The van der Waals surface area contributed by atoms with E-state index >= 15 is 0 Å². The van der Waals surface area contributed by atoms with E-state index < -0.39 is 0 Å². The van der Waals surface area contributed by atoms with E-state index in [0.29, 0.717) is 6.04 Å². The van der Waals surface area contributed by atoms with Gasteiger partial charge >= 0.3 is 0 Å². The van der Waals surface area contributed by atoms with Crippen LogP contribution >= 0.6 is 0 Å². The molecule has 1 aromatic rings. The van der Waals surface area contributed by atoms with Crippen LogP contribution in [0.15, 0.2) is 18.2 Å². The van der Waals surface area contributed by atoms with Crippen molar-refractivity contribution in [1.82, 2.24) is 5.32 Å². The Morgan fingerprint density at radius 2 is 2.06 bits per heavy atom. The Hall–Kier alpha value is -1.26. The fraction of sp³-hybridized carbons (Fsp3) is 0.467. The van der Waals surface area contributed by atoms with Crippen LogP contribution in [0.5, 0.6) is 0 Å². The summed E-state index contributed by atoms with van der Waals surface area (Å²) < 4.78 is 0. The Morgan fingerprint density at radius 1 is 1.31 bits per heavy atom. The Balaban J connectivity index is 2.71. The molecule has 1 unspecified atom stereocenters. The van der Waals surface area contributed by atoms with Crippen LogP contribution < -0.4 is 5.32 Å². The van der Waals surface area contributed by atoms with Crippen LogP contribution in [0, 0.1) is 26.2 Å². The monoisotopic (exact) mass is 215 g/mol. The molecule has 0 spiro atoms. The predicted molar refractivity (Wildman–Crippen MR) is 70.4 cm³/mol. The van der Waals surface area contributed by atoms with Gasteiger partial charge in [0.1, 0.15) is 0 Å². The molecule has 0 radical (unpaired) electrons. The summed E-state index contributed by atoms with van der Waals surface area (Å²) in [5, 5.41) is 3.36. The molecule has 0 aliphatic carbocycles. The lowest BCUT2D eigenvalue weighted by molar-refractivity contribution is 0.532. The van der Waals surface area contributed by atoms with Crippen molar-refractivity contribution in [3.63, 3.8) is 0 Å². The zero-order valence-electron chi connectivity index (χ0n) is 10.5. The zero-order valence-corrected chi connectivity index (χ0v) is 10.5. The van der Waals surface area contributed by atoms with Gasteiger partial charge in [0.05, 0.1) is 0 Å². The van der Waals surface area contributed by atoms with Crippen molar-refractivity contribution < 1.29 is 0 Å². The maximum atomic E-state index is 5.27. The molecule has 0 bridgehead atoms. The Morgan fingerprint density at radius 3 is 2.62 bits per heavy atom. The minimum Gasteiger partial charge on any atom is -0.313 e. The molecule has 1 aromatic carbocycles. The molecule has 86 valence electrons. The molecule has 0 saturated carbocycles. The maximum Gasteiger partial charge on any atom is 0.0317 e. The fourth-order valence-electron chi connectivity index (χ4n) is 1.87. The third-order valence-electron chi connectivity index (χ3n) is 3.10. The maximum absolute atomic E-state index is 5.27. The van der Waals surface area contributed by atoms with E-state index in [9.17, 15) is 0 Å². The highest BCUT2D eigenvalue weighted by molar-refractivity contribution is 5.31. The van der Waals surface area contributed by atoms with Gasteiger partial charge in [-0.1, -0.05) is 18.2 Å². The van der Waals surface area contributed by atoms with Crippen LogP contribution in [-0.2, 0) is 0 Å². The van der Waals surface area contributed by atoms with Crippen molar-refractivity contribution in [3.05, 3.63) is 34.9 Å². The number of rotatable bonds is 5. The van der Waals surface area contributed by atoms with E-state index in [2.05, 4.69) is 43.3 Å². The molecular formula is C15H21N. The number of unbranched alkanes of at least 4 members (excludes halogenated alkanes) is 1. The summed E-state index contributed by atoms with van der Waals surface area (Å²) >= 11 is 0. The normalized spacial score (nSPS) is 12.1. The van der Waals surface area contributed by atoms with Crippen molar-refractivity contribution in [2.24, 2.45) is 0 Å². The smallest absolute Gasteiger partial charge is 0.0317 e. The van der Waals surface area contributed by atoms with Gasteiger partial charge in [-0.15, -0.1) is 12.3 Å². The van der Waals surface area contributed by atoms with Crippen molar-refractivity contribution in [1.29, 1.82) is 0 Å². The van der Waals surface area contributed by atoms with Gasteiger partial charge in [0.25, 0.3) is 0 Å². The fourth-order valence-corrected chi connectivity index (χ4v) is 1.87. The van der Waals surface area contributed by atoms with Gasteiger partial charge < -0.3 is 5.32 Å². The quantitative estimate of drug-likeness (QED) is 0.586. The summed E-state index contributed by atoms with van der Waals surface area (Å²) in [7, 11) is 2.01. The van der Waals surface area contributed by atoms with Gasteiger partial charge in [-0.25, -0.2) is 0 Å². The number of terminal acetylenes is 1. The number of hydrogen-bond acceptors (Lipinski definition) is 1. The number of nitrogens with one attached hydrogen (secondary N) is 1. The molecule has 0 heterocycles. The average Bonchev–Trinajstić information content (AvgIpc) is 2.29.